The Labute approximate surface area is 101 Å². The zero-order valence-electron chi connectivity index (χ0n) is 9.47. The Hall–Kier alpha value is -1.34. The third-order valence-electron chi connectivity index (χ3n) is 2.06. The second kappa shape index (κ2) is 6.55. The van der Waals surface area contributed by atoms with Gasteiger partial charge in [-0.2, -0.15) is 0 Å². The van der Waals surface area contributed by atoms with E-state index in [9.17, 15) is 17.6 Å². The monoisotopic (exact) mass is 267 g/mol. The minimum atomic E-state index is -4.71. The summed E-state index contributed by atoms with van der Waals surface area (Å²) in [6.45, 7) is -0.795. The average Bonchev–Trinajstić information content (AvgIpc) is 2.26. The molecule has 1 aromatic carbocycles. The summed E-state index contributed by atoms with van der Waals surface area (Å²) in [5.41, 5.74) is 5.86. The summed E-state index contributed by atoms with van der Waals surface area (Å²) in [7, 11) is 0. The van der Waals surface area contributed by atoms with Crippen LogP contribution in [0.1, 0.15) is 5.56 Å². The largest absolute Gasteiger partial charge is 0.522 e. The molecule has 0 aliphatic carbocycles. The summed E-state index contributed by atoms with van der Waals surface area (Å²) >= 11 is 0. The summed E-state index contributed by atoms with van der Waals surface area (Å²) < 4.78 is 57.0. The van der Waals surface area contributed by atoms with E-state index in [4.69, 9.17) is 10.5 Å². The fourth-order valence-corrected chi connectivity index (χ4v) is 1.37. The molecule has 0 aliphatic rings. The Morgan fingerprint density at radius 1 is 1.17 bits per heavy atom. The van der Waals surface area contributed by atoms with Crippen molar-refractivity contribution in [3.63, 3.8) is 0 Å². The summed E-state index contributed by atoms with van der Waals surface area (Å²) in [6, 6.07) is 4.26. The SMILES string of the molecule is NCCc1cccc(F)c1OCCOC(F)(F)F. The molecule has 0 fully saturated rings. The zero-order valence-corrected chi connectivity index (χ0v) is 9.47. The van der Waals surface area contributed by atoms with Gasteiger partial charge in [-0.15, -0.1) is 13.2 Å². The molecule has 0 heterocycles. The second-order valence-corrected chi connectivity index (χ2v) is 3.41. The number of rotatable bonds is 6. The van der Waals surface area contributed by atoms with Gasteiger partial charge in [-0.3, -0.25) is 4.74 Å². The Kier molecular flexibility index (Phi) is 5.36. The van der Waals surface area contributed by atoms with E-state index in [2.05, 4.69) is 4.74 Å². The highest BCUT2D eigenvalue weighted by Gasteiger charge is 2.28. The quantitative estimate of drug-likeness (QED) is 0.635. The molecular weight excluding hydrogens is 254 g/mol. The lowest BCUT2D eigenvalue weighted by Gasteiger charge is -2.12. The highest BCUT2D eigenvalue weighted by atomic mass is 19.4. The lowest BCUT2D eigenvalue weighted by Crippen LogP contribution is -2.18. The van der Waals surface area contributed by atoms with Gasteiger partial charge in [-0.05, 0) is 24.6 Å². The summed E-state index contributed by atoms with van der Waals surface area (Å²) in [5, 5.41) is 0. The standard InChI is InChI=1S/C11H13F4NO2/c12-9-3-1-2-8(4-5-16)10(9)17-6-7-18-11(13,14)15/h1-3H,4-7,16H2. The lowest BCUT2D eigenvalue weighted by atomic mass is 10.1. The number of hydrogen-bond acceptors (Lipinski definition) is 3. The van der Waals surface area contributed by atoms with Crippen LogP contribution in [0.2, 0.25) is 0 Å². The normalized spacial score (nSPS) is 11.6. The van der Waals surface area contributed by atoms with Gasteiger partial charge in [0.25, 0.3) is 0 Å². The Bertz CT molecular complexity index is 382. The molecule has 0 aromatic heterocycles. The van der Waals surface area contributed by atoms with E-state index >= 15 is 0 Å². The fraction of sp³-hybridized carbons (Fsp3) is 0.455. The van der Waals surface area contributed by atoms with Crippen LogP contribution >= 0.6 is 0 Å². The van der Waals surface area contributed by atoms with E-state index in [-0.39, 0.29) is 5.75 Å². The maximum absolute atomic E-state index is 13.4. The van der Waals surface area contributed by atoms with E-state index in [1.807, 2.05) is 0 Å². The lowest BCUT2D eigenvalue weighted by molar-refractivity contribution is -0.325. The van der Waals surface area contributed by atoms with Crippen LogP contribution in [-0.2, 0) is 11.2 Å². The van der Waals surface area contributed by atoms with Crippen LogP contribution in [0.15, 0.2) is 18.2 Å². The van der Waals surface area contributed by atoms with E-state index in [0.29, 0.717) is 18.5 Å². The van der Waals surface area contributed by atoms with E-state index in [1.54, 1.807) is 6.07 Å². The van der Waals surface area contributed by atoms with Gasteiger partial charge < -0.3 is 10.5 Å². The number of halogens is 4. The molecule has 7 heteroatoms. The molecule has 2 N–H and O–H groups in total. The number of hydrogen-bond donors (Lipinski definition) is 1. The summed E-state index contributed by atoms with van der Waals surface area (Å²) in [6.07, 6.45) is -4.33. The maximum Gasteiger partial charge on any atom is 0.522 e. The number of nitrogens with two attached hydrogens (primary N) is 1. The van der Waals surface area contributed by atoms with Crippen LogP contribution in [0.5, 0.6) is 5.75 Å². The molecule has 0 bridgehead atoms. The van der Waals surface area contributed by atoms with Gasteiger partial charge in [0.1, 0.15) is 6.61 Å². The van der Waals surface area contributed by atoms with Crippen molar-refractivity contribution < 1.29 is 27.0 Å². The van der Waals surface area contributed by atoms with Gasteiger partial charge in [0.2, 0.25) is 0 Å². The van der Waals surface area contributed by atoms with Crippen molar-refractivity contribution in [2.45, 2.75) is 12.8 Å². The van der Waals surface area contributed by atoms with Gasteiger partial charge in [0, 0.05) is 0 Å². The maximum atomic E-state index is 13.4. The van der Waals surface area contributed by atoms with Crippen molar-refractivity contribution in [1.82, 2.24) is 0 Å². The number of para-hydroxylation sites is 1. The molecule has 0 saturated heterocycles. The summed E-state index contributed by atoms with van der Waals surface area (Å²) in [5.74, 6) is -0.707. The van der Waals surface area contributed by atoms with Crippen LogP contribution < -0.4 is 10.5 Å². The minimum absolute atomic E-state index is 0.0753. The third kappa shape index (κ3) is 4.89. The number of benzene rings is 1. The molecular formula is C11H13F4NO2. The van der Waals surface area contributed by atoms with Crippen LogP contribution in [0.25, 0.3) is 0 Å². The molecule has 0 spiro atoms. The zero-order chi connectivity index (χ0) is 13.6. The minimum Gasteiger partial charge on any atom is -0.488 e. The first-order chi connectivity index (χ1) is 8.44. The van der Waals surface area contributed by atoms with E-state index in [0.717, 1.165) is 0 Å². The van der Waals surface area contributed by atoms with Gasteiger partial charge in [-0.25, -0.2) is 4.39 Å². The molecule has 0 saturated carbocycles. The van der Waals surface area contributed by atoms with Crippen molar-refractivity contribution in [2.75, 3.05) is 19.8 Å². The van der Waals surface area contributed by atoms with Gasteiger partial charge >= 0.3 is 6.36 Å². The molecule has 0 aliphatic heterocycles. The molecule has 18 heavy (non-hydrogen) atoms. The van der Waals surface area contributed by atoms with Crippen molar-refractivity contribution in [3.8, 4) is 5.75 Å². The number of alkyl halides is 3. The molecule has 0 atom stereocenters. The molecule has 102 valence electrons. The van der Waals surface area contributed by atoms with E-state index < -0.39 is 25.4 Å². The predicted octanol–water partition coefficient (Wildman–Crippen LogP) is 2.24. The third-order valence-corrected chi connectivity index (χ3v) is 2.06. The molecule has 0 unspecified atom stereocenters. The Balaban J connectivity index is 2.55. The molecule has 1 rings (SSSR count). The Morgan fingerprint density at radius 2 is 1.89 bits per heavy atom. The van der Waals surface area contributed by atoms with Crippen molar-refractivity contribution in [3.05, 3.63) is 29.6 Å². The smallest absolute Gasteiger partial charge is 0.488 e. The Morgan fingerprint density at radius 3 is 2.50 bits per heavy atom. The molecule has 0 amide bonds. The fourth-order valence-electron chi connectivity index (χ4n) is 1.37. The molecule has 3 nitrogen and oxygen atoms in total. The first-order valence-electron chi connectivity index (χ1n) is 5.25. The first-order valence-corrected chi connectivity index (χ1v) is 5.25. The average molecular weight is 267 g/mol. The highest BCUT2D eigenvalue weighted by Crippen LogP contribution is 2.23. The van der Waals surface area contributed by atoms with Crippen LogP contribution in [0.3, 0.4) is 0 Å². The van der Waals surface area contributed by atoms with Crippen molar-refractivity contribution in [1.29, 1.82) is 0 Å². The van der Waals surface area contributed by atoms with Gasteiger partial charge in [0.05, 0.1) is 6.61 Å². The summed E-state index contributed by atoms with van der Waals surface area (Å²) in [4.78, 5) is 0. The van der Waals surface area contributed by atoms with Crippen LogP contribution in [0.4, 0.5) is 17.6 Å². The number of ether oxygens (including phenoxy) is 2. The predicted molar refractivity (Wildman–Crippen MR) is 56.7 cm³/mol. The first kappa shape index (κ1) is 14.7. The van der Waals surface area contributed by atoms with Crippen LogP contribution in [-0.4, -0.2) is 26.1 Å². The molecule has 0 radical (unpaired) electrons. The van der Waals surface area contributed by atoms with Crippen molar-refractivity contribution >= 4 is 0 Å². The topological polar surface area (TPSA) is 44.5 Å². The van der Waals surface area contributed by atoms with Gasteiger partial charge in [-0.1, -0.05) is 12.1 Å². The van der Waals surface area contributed by atoms with E-state index in [1.165, 1.54) is 12.1 Å². The van der Waals surface area contributed by atoms with Crippen molar-refractivity contribution in [2.24, 2.45) is 5.73 Å². The van der Waals surface area contributed by atoms with Crippen LogP contribution in [0, 0.1) is 5.82 Å². The highest BCUT2D eigenvalue weighted by molar-refractivity contribution is 5.35. The molecule has 1 aromatic rings. The second-order valence-electron chi connectivity index (χ2n) is 3.41. The van der Waals surface area contributed by atoms with Gasteiger partial charge in [0.15, 0.2) is 11.6 Å².